The average Bonchev–Trinajstić information content (AvgIpc) is 2.95. The van der Waals surface area contributed by atoms with Crippen molar-refractivity contribution in [2.45, 2.75) is 45.8 Å². The van der Waals surface area contributed by atoms with Crippen molar-refractivity contribution in [1.29, 1.82) is 0 Å². The van der Waals surface area contributed by atoms with E-state index in [1.807, 2.05) is 45.0 Å². The topological polar surface area (TPSA) is 87.3 Å². The number of benzene rings is 1. The number of aromatic amines is 1. The van der Waals surface area contributed by atoms with Crippen LogP contribution < -0.4 is 5.32 Å². The number of H-pyrrole nitrogens is 1. The molecule has 1 aliphatic heterocycles. The number of amides is 2. The van der Waals surface area contributed by atoms with Crippen LogP contribution in [-0.4, -0.2) is 39.2 Å². The zero-order chi connectivity index (χ0) is 19.6. The minimum Gasteiger partial charge on any atom is -0.444 e. The Labute approximate surface area is 166 Å². The molecule has 0 unspecified atom stereocenters. The van der Waals surface area contributed by atoms with Gasteiger partial charge >= 0.3 is 6.09 Å². The van der Waals surface area contributed by atoms with Gasteiger partial charge in [-0.15, -0.1) is 0 Å². The maximum atomic E-state index is 12.3. The van der Waals surface area contributed by atoms with Gasteiger partial charge in [-0.2, -0.15) is 5.10 Å². The molecule has 0 bridgehead atoms. The predicted octanol–water partition coefficient (Wildman–Crippen LogP) is 3.65. The summed E-state index contributed by atoms with van der Waals surface area (Å²) in [6, 6.07) is 7.64. The van der Waals surface area contributed by atoms with E-state index in [4.69, 9.17) is 4.74 Å². The van der Waals surface area contributed by atoms with Gasteiger partial charge in [-0.25, -0.2) is 4.79 Å². The lowest BCUT2D eigenvalue weighted by Crippen LogP contribution is -2.40. The Kier molecular flexibility index (Phi) is 5.55. The fraction of sp³-hybridized carbons (Fsp3) is 0.421. The number of ether oxygens (including phenoxy) is 1. The number of fused-ring (bicyclic) bond motifs is 1. The van der Waals surface area contributed by atoms with Gasteiger partial charge < -0.3 is 15.0 Å². The number of aromatic nitrogens is 2. The summed E-state index contributed by atoms with van der Waals surface area (Å²) < 4.78 is 6.36. The quantitative estimate of drug-likeness (QED) is 0.771. The summed E-state index contributed by atoms with van der Waals surface area (Å²) in [4.78, 5) is 26.2. The molecule has 0 fully saturated rings. The highest BCUT2D eigenvalue weighted by Gasteiger charge is 2.28. The number of halogens is 1. The van der Waals surface area contributed by atoms with Crippen molar-refractivity contribution >= 4 is 33.7 Å². The molecule has 0 radical (unpaired) electrons. The number of carbonyl (C=O) groups is 2. The fourth-order valence-corrected chi connectivity index (χ4v) is 3.36. The summed E-state index contributed by atoms with van der Waals surface area (Å²) in [6.45, 7) is 6.44. The minimum atomic E-state index is -0.531. The molecule has 2 amide bonds. The van der Waals surface area contributed by atoms with Gasteiger partial charge in [0.05, 0.1) is 18.7 Å². The van der Waals surface area contributed by atoms with Crippen LogP contribution in [0.3, 0.4) is 0 Å². The van der Waals surface area contributed by atoms with Crippen molar-refractivity contribution in [3.05, 3.63) is 45.6 Å². The first-order valence-electron chi connectivity index (χ1n) is 8.79. The van der Waals surface area contributed by atoms with Gasteiger partial charge in [-0.05, 0) is 44.9 Å². The standard InChI is InChI=1S/C19H23BrN4O3/c1-19(2,3)27-18(26)24-8-7-14-15(11-24)22-23-17(14)21-16(25)10-12-5-4-6-13(20)9-12/h4-6,9H,7-8,10-11H2,1-3H3,(H2,21,22,23,25). The van der Waals surface area contributed by atoms with Gasteiger partial charge in [0.25, 0.3) is 0 Å². The Morgan fingerprint density at radius 1 is 1.37 bits per heavy atom. The van der Waals surface area contributed by atoms with E-state index >= 15 is 0 Å². The smallest absolute Gasteiger partial charge is 0.410 e. The molecular formula is C19H23BrN4O3. The molecule has 3 rings (SSSR count). The number of hydrogen-bond acceptors (Lipinski definition) is 4. The second-order valence-corrected chi connectivity index (χ2v) is 8.45. The Morgan fingerprint density at radius 3 is 2.85 bits per heavy atom. The Balaban J connectivity index is 1.63. The van der Waals surface area contributed by atoms with Crippen LogP contribution in [0.25, 0.3) is 0 Å². The third kappa shape index (κ3) is 5.09. The predicted molar refractivity (Wildman–Crippen MR) is 105 cm³/mol. The molecule has 1 aromatic heterocycles. The van der Waals surface area contributed by atoms with E-state index in [1.54, 1.807) is 4.90 Å². The molecule has 2 heterocycles. The molecule has 0 spiro atoms. The van der Waals surface area contributed by atoms with Gasteiger partial charge in [0.2, 0.25) is 5.91 Å². The molecule has 27 heavy (non-hydrogen) atoms. The SMILES string of the molecule is CC(C)(C)OC(=O)N1CCc2c(NC(=O)Cc3cccc(Br)c3)n[nH]c2C1. The van der Waals surface area contributed by atoms with Crippen LogP contribution in [-0.2, 0) is 28.9 Å². The molecule has 0 saturated carbocycles. The zero-order valence-electron chi connectivity index (χ0n) is 15.6. The number of nitrogens with zero attached hydrogens (tertiary/aromatic N) is 2. The maximum absolute atomic E-state index is 12.3. The highest BCUT2D eigenvalue weighted by molar-refractivity contribution is 9.10. The molecular weight excluding hydrogens is 412 g/mol. The summed E-state index contributed by atoms with van der Waals surface area (Å²) in [5, 5.41) is 10.0. The van der Waals surface area contributed by atoms with Crippen molar-refractivity contribution in [1.82, 2.24) is 15.1 Å². The Hall–Kier alpha value is -2.35. The number of carbonyl (C=O) groups excluding carboxylic acids is 2. The van der Waals surface area contributed by atoms with E-state index in [2.05, 4.69) is 31.4 Å². The van der Waals surface area contributed by atoms with Crippen LogP contribution in [0, 0.1) is 0 Å². The van der Waals surface area contributed by atoms with Gasteiger partial charge in [-0.1, -0.05) is 28.1 Å². The lowest BCUT2D eigenvalue weighted by molar-refractivity contribution is -0.115. The van der Waals surface area contributed by atoms with Crippen LogP contribution in [0.2, 0.25) is 0 Å². The van der Waals surface area contributed by atoms with Crippen molar-refractivity contribution in [3.8, 4) is 0 Å². The monoisotopic (exact) mass is 434 g/mol. The lowest BCUT2D eigenvalue weighted by Gasteiger charge is -2.29. The zero-order valence-corrected chi connectivity index (χ0v) is 17.2. The molecule has 0 saturated heterocycles. The number of hydrogen-bond donors (Lipinski definition) is 2. The van der Waals surface area contributed by atoms with Gasteiger partial charge in [-0.3, -0.25) is 9.89 Å². The Bertz CT molecular complexity index is 857. The number of anilines is 1. The molecule has 1 aliphatic rings. The molecule has 0 atom stereocenters. The highest BCUT2D eigenvalue weighted by Crippen LogP contribution is 2.25. The number of rotatable bonds is 3. The highest BCUT2D eigenvalue weighted by atomic mass is 79.9. The van der Waals surface area contributed by atoms with E-state index in [1.165, 1.54) is 0 Å². The molecule has 8 heteroatoms. The second kappa shape index (κ2) is 7.72. The minimum absolute atomic E-state index is 0.128. The van der Waals surface area contributed by atoms with E-state index in [0.717, 1.165) is 21.3 Å². The molecule has 7 nitrogen and oxygen atoms in total. The summed E-state index contributed by atoms with van der Waals surface area (Å²) in [5.74, 6) is 0.408. The van der Waals surface area contributed by atoms with Crippen molar-refractivity contribution < 1.29 is 14.3 Å². The first-order valence-corrected chi connectivity index (χ1v) is 9.59. The molecule has 144 valence electrons. The number of nitrogens with one attached hydrogen (secondary N) is 2. The average molecular weight is 435 g/mol. The fourth-order valence-electron chi connectivity index (χ4n) is 2.91. The second-order valence-electron chi connectivity index (χ2n) is 7.54. The van der Waals surface area contributed by atoms with Gasteiger partial charge in [0, 0.05) is 16.6 Å². The maximum Gasteiger partial charge on any atom is 0.410 e. The summed E-state index contributed by atoms with van der Waals surface area (Å²) in [6.07, 6.45) is 0.533. The van der Waals surface area contributed by atoms with Crippen molar-refractivity contribution in [2.24, 2.45) is 0 Å². The van der Waals surface area contributed by atoms with Gasteiger partial charge in [0.15, 0.2) is 5.82 Å². The van der Waals surface area contributed by atoms with Crippen LogP contribution >= 0.6 is 15.9 Å². The lowest BCUT2D eigenvalue weighted by atomic mass is 10.1. The summed E-state index contributed by atoms with van der Waals surface area (Å²) in [7, 11) is 0. The van der Waals surface area contributed by atoms with E-state index in [9.17, 15) is 9.59 Å². The Morgan fingerprint density at radius 2 is 2.15 bits per heavy atom. The van der Waals surface area contributed by atoms with E-state index in [-0.39, 0.29) is 18.4 Å². The molecule has 1 aromatic carbocycles. The molecule has 2 N–H and O–H groups in total. The van der Waals surface area contributed by atoms with Crippen molar-refractivity contribution in [3.63, 3.8) is 0 Å². The van der Waals surface area contributed by atoms with Crippen molar-refractivity contribution in [2.75, 3.05) is 11.9 Å². The third-order valence-electron chi connectivity index (χ3n) is 4.10. The first kappa shape index (κ1) is 19.4. The van der Waals surface area contributed by atoms with E-state index < -0.39 is 5.60 Å². The van der Waals surface area contributed by atoms with Crippen LogP contribution in [0.4, 0.5) is 10.6 Å². The summed E-state index contributed by atoms with van der Waals surface area (Å²) in [5.41, 5.74) is 2.15. The van der Waals surface area contributed by atoms with Crippen LogP contribution in [0.5, 0.6) is 0 Å². The van der Waals surface area contributed by atoms with Crippen LogP contribution in [0.15, 0.2) is 28.7 Å². The van der Waals surface area contributed by atoms with Crippen LogP contribution in [0.1, 0.15) is 37.6 Å². The van der Waals surface area contributed by atoms with E-state index in [0.29, 0.717) is 25.3 Å². The normalized spacial score (nSPS) is 13.9. The largest absolute Gasteiger partial charge is 0.444 e. The molecule has 2 aromatic rings. The summed E-state index contributed by atoms with van der Waals surface area (Å²) >= 11 is 3.41. The molecule has 0 aliphatic carbocycles. The first-order chi connectivity index (χ1) is 12.7. The van der Waals surface area contributed by atoms with Gasteiger partial charge in [0.1, 0.15) is 5.60 Å². The third-order valence-corrected chi connectivity index (χ3v) is 4.59.